The molecule has 1 aliphatic heterocycles. The van der Waals surface area contributed by atoms with Crippen molar-refractivity contribution < 1.29 is 32.9 Å². The molecule has 2 atom stereocenters. The van der Waals surface area contributed by atoms with Gasteiger partial charge in [-0.05, 0) is 43.5 Å². The molecule has 134 valence electrons. The Morgan fingerprint density at radius 1 is 1.38 bits per heavy atom. The number of carboxylic acids is 1. The third-order valence-electron chi connectivity index (χ3n) is 3.84. The number of benzene rings is 1. The van der Waals surface area contributed by atoms with Gasteiger partial charge in [-0.1, -0.05) is 0 Å². The van der Waals surface area contributed by atoms with Crippen molar-refractivity contribution in [3.05, 3.63) is 24.3 Å². The second-order valence-corrected chi connectivity index (χ2v) is 7.21. The molecule has 1 aromatic carbocycles. The van der Waals surface area contributed by atoms with Gasteiger partial charge in [0, 0.05) is 6.61 Å². The molecule has 0 bridgehead atoms. The Hall–Kier alpha value is -1.68. The van der Waals surface area contributed by atoms with E-state index >= 15 is 0 Å². The van der Waals surface area contributed by atoms with Crippen molar-refractivity contribution in [2.45, 2.75) is 36.4 Å². The highest BCUT2D eigenvalue weighted by atomic mass is 32.2. The molecule has 8 nitrogen and oxygen atoms in total. The first-order chi connectivity index (χ1) is 11.4. The van der Waals surface area contributed by atoms with Crippen LogP contribution in [0.15, 0.2) is 29.2 Å². The number of ether oxygens (including phenoxy) is 2. The van der Waals surface area contributed by atoms with Gasteiger partial charge in [0.15, 0.2) is 0 Å². The van der Waals surface area contributed by atoms with E-state index in [0.717, 1.165) is 17.1 Å². The summed E-state index contributed by atoms with van der Waals surface area (Å²) in [4.78, 5) is 11.4. The molecule has 24 heavy (non-hydrogen) atoms. The first-order valence-electron chi connectivity index (χ1n) is 7.54. The van der Waals surface area contributed by atoms with Crippen LogP contribution in [0.4, 0.5) is 0 Å². The number of carbonyl (C=O) groups is 1. The molecule has 1 heterocycles. The number of aliphatic carboxylic acids is 1. The molecule has 2 rings (SSSR count). The van der Waals surface area contributed by atoms with Crippen LogP contribution in [0.5, 0.6) is 5.75 Å². The van der Waals surface area contributed by atoms with Gasteiger partial charge in [-0.2, -0.15) is 4.31 Å². The van der Waals surface area contributed by atoms with Gasteiger partial charge < -0.3 is 19.7 Å². The molecule has 0 saturated carbocycles. The molecule has 0 spiro atoms. The Bertz CT molecular complexity index is 653. The van der Waals surface area contributed by atoms with Gasteiger partial charge in [-0.3, -0.25) is 4.79 Å². The van der Waals surface area contributed by atoms with Crippen LogP contribution < -0.4 is 4.74 Å². The van der Waals surface area contributed by atoms with Crippen molar-refractivity contribution in [1.82, 2.24) is 4.31 Å². The van der Waals surface area contributed by atoms with Crippen molar-refractivity contribution in [3.63, 3.8) is 0 Å². The molecule has 1 fully saturated rings. The topological polar surface area (TPSA) is 113 Å². The second-order valence-electron chi connectivity index (χ2n) is 5.37. The maximum atomic E-state index is 13.0. The summed E-state index contributed by atoms with van der Waals surface area (Å²) < 4.78 is 37.2. The number of aliphatic hydroxyl groups is 1. The first-order valence-corrected chi connectivity index (χ1v) is 8.98. The number of rotatable bonds is 7. The summed E-state index contributed by atoms with van der Waals surface area (Å²) in [5, 5.41) is 18.8. The Morgan fingerprint density at radius 3 is 2.50 bits per heavy atom. The van der Waals surface area contributed by atoms with Crippen LogP contribution in [-0.4, -0.2) is 61.5 Å². The van der Waals surface area contributed by atoms with Gasteiger partial charge in [0.05, 0.1) is 18.6 Å². The van der Waals surface area contributed by atoms with Crippen molar-refractivity contribution in [1.29, 1.82) is 0 Å². The Balaban J connectivity index is 2.44. The zero-order chi connectivity index (χ0) is 17.7. The standard InChI is InChI=1S/C15H21NO7S/c1-22-11-5-7-12(8-6-11)24(20,21)16(13(10-17)15(18)19)14-4-2-3-9-23-14/h5-8,13-14,17H,2-4,9-10H2,1H3,(H,18,19). The van der Waals surface area contributed by atoms with Gasteiger partial charge in [0.2, 0.25) is 10.0 Å². The van der Waals surface area contributed by atoms with Gasteiger partial charge in [-0.15, -0.1) is 0 Å². The fourth-order valence-electron chi connectivity index (χ4n) is 2.58. The Kier molecular flexibility index (Phi) is 6.16. The lowest BCUT2D eigenvalue weighted by Crippen LogP contribution is -2.54. The maximum Gasteiger partial charge on any atom is 0.324 e. The van der Waals surface area contributed by atoms with Crippen LogP contribution in [0, 0.1) is 0 Å². The van der Waals surface area contributed by atoms with E-state index in [1.807, 2.05) is 0 Å². The quantitative estimate of drug-likeness (QED) is 0.735. The minimum absolute atomic E-state index is 0.0860. The van der Waals surface area contributed by atoms with Gasteiger partial charge in [-0.25, -0.2) is 8.42 Å². The normalized spacial score (nSPS) is 19.9. The highest BCUT2D eigenvalue weighted by Gasteiger charge is 2.41. The smallest absolute Gasteiger partial charge is 0.324 e. The van der Waals surface area contributed by atoms with E-state index in [0.29, 0.717) is 18.8 Å². The van der Waals surface area contributed by atoms with E-state index in [-0.39, 0.29) is 4.90 Å². The van der Waals surface area contributed by atoms with E-state index in [1.165, 1.54) is 31.4 Å². The maximum absolute atomic E-state index is 13.0. The van der Waals surface area contributed by atoms with Gasteiger partial charge >= 0.3 is 5.97 Å². The van der Waals surface area contributed by atoms with E-state index in [2.05, 4.69) is 0 Å². The monoisotopic (exact) mass is 359 g/mol. The van der Waals surface area contributed by atoms with Crippen LogP contribution in [-0.2, 0) is 19.6 Å². The van der Waals surface area contributed by atoms with Gasteiger partial charge in [0.25, 0.3) is 0 Å². The largest absolute Gasteiger partial charge is 0.497 e. The van der Waals surface area contributed by atoms with Crippen molar-refractivity contribution >= 4 is 16.0 Å². The highest BCUT2D eigenvalue weighted by Crippen LogP contribution is 2.27. The summed E-state index contributed by atoms with van der Waals surface area (Å²) in [6.45, 7) is -0.498. The molecule has 0 aromatic heterocycles. The molecule has 1 saturated heterocycles. The number of sulfonamides is 1. The third kappa shape index (κ3) is 3.86. The summed E-state index contributed by atoms with van der Waals surface area (Å²) in [6, 6.07) is 4.00. The fourth-order valence-corrected chi connectivity index (χ4v) is 4.28. The number of nitrogens with zero attached hydrogens (tertiary/aromatic N) is 1. The van der Waals surface area contributed by atoms with Crippen LogP contribution in [0.3, 0.4) is 0 Å². The molecule has 0 amide bonds. The molecular formula is C15H21NO7S. The average molecular weight is 359 g/mol. The number of hydrogen-bond acceptors (Lipinski definition) is 6. The molecule has 1 aromatic rings. The predicted molar refractivity (Wildman–Crippen MR) is 84.1 cm³/mol. The Labute approximate surface area is 140 Å². The predicted octanol–water partition coefficient (Wildman–Crippen LogP) is 0.658. The summed E-state index contributed by atoms with van der Waals surface area (Å²) in [6.07, 6.45) is 0.958. The Morgan fingerprint density at radius 2 is 2.04 bits per heavy atom. The zero-order valence-electron chi connectivity index (χ0n) is 13.3. The van der Waals surface area contributed by atoms with Crippen molar-refractivity contribution in [3.8, 4) is 5.75 Å². The fraction of sp³-hybridized carbons (Fsp3) is 0.533. The molecule has 9 heteroatoms. The number of carboxylic acid groups (broad SMARTS) is 1. The molecule has 0 aliphatic carbocycles. The minimum atomic E-state index is -4.17. The summed E-state index contributed by atoms with van der Waals surface area (Å²) in [5.41, 5.74) is 0. The third-order valence-corrected chi connectivity index (χ3v) is 5.75. The highest BCUT2D eigenvalue weighted by molar-refractivity contribution is 7.89. The van der Waals surface area contributed by atoms with E-state index in [4.69, 9.17) is 9.47 Å². The van der Waals surface area contributed by atoms with Crippen LogP contribution in [0.25, 0.3) is 0 Å². The summed E-state index contributed by atoms with van der Waals surface area (Å²) in [5.74, 6) is -0.949. The number of hydrogen-bond donors (Lipinski definition) is 2. The lowest BCUT2D eigenvalue weighted by molar-refractivity contribution is -0.149. The first kappa shape index (κ1) is 18.7. The lowest BCUT2D eigenvalue weighted by atomic mass is 10.1. The minimum Gasteiger partial charge on any atom is -0.497 e. The molecular weight excluding hydrogens is 338 g/mol. The van der Waals surface area contributed by atoms with Gasteiger partial charge in [0.1, 0.15) is 18.0 Å². The SMILES string of the molecule is COc1ccc(S(=O)(=O)N(C2CCCCO2)C(CO)C(=O)O)cc1. The summed E-state index contributed by atoms with van der Waals surface area (Å²) in [7, 11) is -2.71. The van der Waals surface area contributed by atoms with Crippen molar-refractivity contribution in [2.75, 3.05) is 20.3 Å². The van der Waals surface area contributed by atoms with E-state index in [9.17, 15) is 23.4 Å². The zero-order valence-corrected chi connectivity index (χ0v) is 14.1. The average Bonchev–Trinajstić information content (AvgIpc) is 2.59. The molecule has 2 unspecified atom stereocenters. The van der Waals surface area contributed by atoms with Crippen LogP contribution in [0.1, 0.15) is 19.3 Å². The summed E-state index contributed by atoms with van der Waals surface area (Å²) >= 11 is 0. The molecule has 0 radical (unpaired) electrons. The van der Waals surface area contributed by atoms with Crippen molar-refractivity contribution in [2.24, 2.45) is 0 Å². The number of methoxy groups -OCH3 is 1. The molecule has 1 aliphatic rings. The number of aliphatic hydroxyl groups excluding tert-OH is 1. The van der Waals surface area contributed by atoms with Crippen LogP contribution in [0.2, 0.25) is 0 Å². The van der Waals surface area contributed by atoms with E-state index < -0.39 is 34.9 Å². The lowest BCUT2D eigenvalue weighted by Gasteiger charge is -2.36. The van der Waals surface area contributed by atoms with Crippen LogP contribution >= 0.6 is 0 Å². The molecule has 2 N–H and O–H groups in total. The second kappa shape index (κ2) is 7.93. The van der Waals surface area contributed by atoms with E-state index in [1.54, 1.807) is 0 Å².